The SMILES string of the molecule is CCCCC(=O)Oc1ccc(C(C(C)COC(=O)OC(C)C(C)C)[C@H](N)C(=O)O)cc1OC(=O)CCCC. The Morgan fingerprint density at radius 1 is 0.895 bits per heavy atom. The lowest BCUT2D eigenvalue weighted by molar-refractivity contribution is -0.139. The number of nitrogens with two attached hydrogens (primary N) is 1. The van der Waals surface area contributed by atoms with Crippen molar-refractivity contribution in [2.24, 2.45) is 17.6 Å². The molecule has 10 heteroatoms. The van der Waals surface area contributed by atoms with Gasteiger partial charge in [0, 0.05) is 18.8 Å². The van der Waals surface area contributed by atoms with Crippen molar-refractivity contribution in [2.75, 3.05) is 6.61 Å². The topological polar surface area (TPSA) is 151 Å². The molecule has 0 aliphatic carbocycles. The number of carbonyl (C=O) groups excluding carboxylic acids is 3. The molecule has 0 saturated heterocycles. The van der Waals surface area contributed by atoms with E-state index >= 15 is 0 Å². The van der Waals surface area contributed by atoms with Crippen LogP contribution >= 0.6 is 0 Å². The Bertz CT molecular complexity index is 931. The van der Waals surface area contributed by atoms with Crippen LogP contribution in [-0.4, -0.2) is 47.9 Å². The molecular formula is C28H43NO9. The van der Waals surface area contributed by atoms with E-state index in [1.807, 2.05) is 27.7 Å². The molecule has 38 heavy (non-hydrogen) atoms. The second kappa shape index (κ2) is 16.7. The summed E-state index contributed by atoms with van der Waals surface area (Å²) < 4.78 is 21.4. The molecule has 1 aromatic rings. The summed E-state index contributed by atoms with van der Waals surface area (Å²) in [6.07, 6.45) is 2.03. The van der Waals surface area contributed by atoms with Crippen molar-refractivity contribution in [3.63, 3.8) is 0 Å². The Kier molecular flexibility index (Phi) is 14.4. The third kappa shape index (κ3) is 11.1. The van der Waals surface area contributed by atoms with Gasteiger partial charge in [0.25, 0.3) is 0 Å². The van der Waals surface area contributed by atoms with Crippen molar-refractivity contribution < 1.29 is 43.2 Å². The number of carboxylic acid groups (broad SMARTS) is 1. The molecule has 0 aromatic heterocycles. The van der Waals surface area contributed by atoms with Crippen molar-refractivity contribution in [3.8, 4) is 11.5 Å². The quantitative estimate of drug-likeness (QED) is 0.212. The molecule has 0 aliphatic heterocycles. The van der Waals surface area contributed by atoms with E-state index in [1.165, 1.54) is 12.1 Å². The van der Waals surface area contributed by atoms with E-state index in [2.05, 4.69) is 0 Å². The number of ether oxygens (including phenoxy) is 4. The van der Waals surface area contributed by atoms with Gasteiger partial charge in [-0.2, -0.15) is 0 Å². The Labute approximate surface area is 225 Å². The van der Waals surface area contributed by atoms with Crippen LogP contribution < -0.4 is 15.2 Å². The van der Waals surface area contributed by atoms with Gasteiger partial charge in [0.05, 0.1) is 6.61 Å². The lowest BCUT2D eigenvalue weighted by atomic mass is 9.82. The van der Waals surface area contributed by atoms with E-state index in [0.717, 1.165) is 12.8 Å². The van der Waals surface area contributed by atoms with E-state index in [0.29, 0.717) is 18.4 Å². The maximum absolute atomic E-state index is 12.4. The maximum atomic E-state index is 12.4. The Balaban J connectivity index is 3.26. The summed E-state index contributed by atoms with van der Waals surface area (Å²) >= 11 is 0. The van der Waals surface area contributed by atoms with Gasteiger partial charge in [-0.15, -0.1) is 0 Å². The van der Waals surface area contributed by atoms with E-state index in [9.17, 15) is 24.3 Å². The number of carbonyl (C=O) groups is 4. The highest BCUT2D eigenvalue weighted by molar-refractivity contribution is 5.77. The number of carboxylic acids is 1. The minimum atomic E-state index is -1.36. The summed E-state index contributed by atoms with van der Waals surface area (Å²) in [5, 5.41) is 9.68. The zero-order valence-corrected chi connectivity index (χ0v) is 23.4. The number of benzene rings is 1. The molecule has 214 valence electrons. The first kappa shape index (κ1) is 32.9. The van der Waals surface area contributed by atoms with E-state index < -0.39 is 41.9 Å². The fourth-order valence-corrected chi connectivity index (χ4v) is 3.55. The van der Waals surface area contributed by atoms with Crippen LogP contribution in [0.25, 0.3) is 0 Å². The van der Waals surface area contributed by atoms with Gasteiger partial charge >= 0.3 is 24.1 Å². The predicted octanol–water partition coefficient (Wildman–Crippen LogP) is 5.21. The number of aliphatic carboxylic acids is 1. The highest BCUT2D eigenvalue weighted by Crippen LogP contribution is 2.36. The molecule has 0 aliphatic rings. The highest BCUT2D eigenvalue weighted by atomic mass is 16.7. The number of unbranched alkanes of at least 4 members (excludes halogenated alkanes) is 2. The van der Waals surface area contributed by atoms with Gasteiger partial charge in [0.2, 0.25) is 0 Å². The number of hydrogen-bond donors (Lipinski definition) is 2. The predicted molar refractivity (Wildman–Crippen MR) is 141 cm³/mol. The molecule has 4 atom stereocenters. The summed E-state index contributed by atoms with van der Waals surface area (Å²) in [5.74, 6) is -3.47. The van der Waals surface area contributed by atoms with Gasteiger partial charge in [0.15, 0.2) is 11.5 Å². The standard InChI is InChI=1S/C28H43NO9/c1-7-9-11-23(30)37-21-14-13-20(15-22(21)38-24(31)12-10-8-2)25(26(29)27(32)33)18(5)16-35-28(34)36-19(6)17(3)4/h13-15,17-19,25-26H,7-12,16,29H2,1-6H3,(H,32,33)/t18?,19?,25?,26-/m0/s1. The van der Waals surface area contributed by atoms with Gasteiger partial charge in [-0.05, 0) is 49.3 Å². The molecule has 0 heterocycles. The van der Waals surface area contributed by atoms with Gasteiger partial charge in [0.1, 0.15) is 12.1 Å². The molecule has 1 rings (SSSR count). The van der Waals surface area contributed by atoms with Crippen LogP contribution in [0.4, 0.5) is 4.79 Å². The molecule has 3 unspecified atom stereocenters. The first-order valence-corrected chi connectivity index (χ1v) is 13.3. The first-order chi connectivity index (χ1) is 17.9. The lowest BCUT2D eigenvalue weighted by Gasteiger charge is -2.28. The summed E-state index contributed by atoms with van der Waals surface area (Å²) in [6.45, 7) is 11.0. The second-order valence-corrected chi connectivity index (χ2v) is 9.86. The zero-order chi connectivity index (χ0) is 28.8. The van der Waals surface area contributed by atoms with Crippen molar-refractivity contribution in [3.05, 3.63) is 23.8 Å². The largest absolute Gasteiger partial charge is 0.508 e. The number of hydrogen-bond acceptors (Lipinski definition) is 9. The summed E-state index contributed by atoms with van der Waals surface area (Å²) in [5.41, 5.74) is 6.47. The molecule has 10 nitrogen and oxygen atoms in total. The van der Waals surface area contributed by atoms with Crippen LogP contribution in [-0.2, 0) is 23.9 Å². The average molecular weight is 538 g/mol. The Morgan fingerprint density at radius 3 is 1.95 bits per heavy atom. The summed E-state index contributed by atoms with van der Waals surface area (Å²) in [7, 11) is 0. The average Bonchev–Trinajstić information content (AvgIpc) is 2.86. The fourth-order valence-electron chi connectivity index (χ4n) is 3.55. The van der Waals surface area contributed by atoms with Crippen LogP contribution in [0.15, 0.2) is 18.2 Å². The van der Waals surface area contributed by atoms with Gasteiger partial charge < -0.3 is 29.8 Å². The van der Waals surface area contributed by atoms with Crippen molar-refractivity contribution in [1.29, 1.82) is 0 Å². The first-order valence-electron chi connectivity index (χ1n) is 13.3. The van der Waals surface area contributed by atoms with Gasteiger partial charge in [-0.1, -0.05) is 53.5 Å². The second-order valence-electron chi connectivity index (χ2n) is 9.86. The van der Waals surface area contributed by atoms with Crippen LogP contribution in [0.3, 0.4) is 0 Å². The van der Waals surface area contributed by atoms with E-state index in [-0.39, 0.29) is 43.0 Å². The van der Waals surface area contributed by atoms with Gasteiger partial charge in [-0.25, -0.2) is 4.79 Å². The molecule has 0 radical (unpaired) electrons. The fraction of sp³-hybridized carbons (Fsp3) is 0.643. The molecular weight excluding hydrogens is 494 g/mol. The zero-order valence-electron chi connectivity index (χ0n) is 23.4. The summed E-state index contributed by atoms with van der Waals surface area (Å²) in [6, 6.07) is 3.11. The number of esters is 2. The minimum Gasteiger partial charge on any atom is -0.480 e. The van der Waals surface area contributed by atoms with Crippen LogP contribution in [0.5, 0.6) is 11.5 Å². The van der Waals surface area contributed by atoms with Crippen LogP contribution in [0.1, 0.15) is 91.5 Å². The Hall–Kier alpha value is -3.14. The smallest absolute Gasteiger partial charge is 0.480 e. The van der Waals surface area contributed by atoms with E-state index in [4.69, 9.17) is 24.7 Å². The minimum absolute atomic E-state index is 0.00525. The Morgan fingerprint density at radius 2 is 1.45 bits per heavy atom. The third-order valence-electron chi connectivity index (χ3n) is 6.24. The molecule has 3 N–H and O–H groups in total. The molecule has 0 spiro atoms. The number of rotatable bonds is 16. The lowest BCUT2D eigenvalue weighted by Crippen LogP contribution is -2.40. The molecule has 0 fully saturated rings. The molecule has 0 saturated carbocycles. The molecule has 0 amide bonds. The van der Waals surface area contributed by atoms with Crippen molar-refractivity contribution in [2.45, 2.75) is 98.1 Å². The van der Waals surface area contributed by atoms with E-state index in [1.54, 1.807) is 19.9 Å². The third-order valence-corrected chi connectivity index (χ3v) is 6.24. The molecule has 1 aromatic carbocycles. The highest BCUT2D eigenvalue weighted by Gasteiger charge is 2.33. The molecule has 0 bridgehead atoms. The maximum Gasteiger partial charge on any atom is 0.508 e. The van der Waals surface area contributed by atoms with Crippen LogP contribution in [0, 0.1) is 11.8 Å². The summed E-state index contributed by atoms with van der Waals surface area (Å²) in [4.78, 5) is 48.6. The van der Waals surface area contributed by atoms with Crippen molar-refractivity contribution >= 4 is 24.1 Å². The normalized spacial score (nSPS) is 14.2. The van der Waals surface area contributed by atoms with Crippen molar-refractivity contribution in [1.82, 2.24) is 0 Å². The van der Waals surface area contributed by atoms with Crippen LogP contribution in [0.2, 0.25) is 0 Å². The monoisotopic (exact) mass is 537 g/mol. The van der Waals surface area contributed by atoms with Gasteiger partial charge in [-0.3, -0.25) is 14.4 Å².